The van der Waals surface area contributed by atoms with Crippen molar-refractivity contribution in [2.75, 3.05) is 13.7 Å². The third-order valence-corrected chi connectivity index (χ3v) is 4.48. The summed E-state index contributed by atoms with van der Waals surface area (Å²) in [5, 5.41) is 9.82. The zero-order valence-corrected chi connectivity index (χ0v) is 13.8. The number of aromatic nitrogens is 3. The molecule has 1 atom stereocenters. The Hall–Kier alpha value is -2.48. The van der Waals surface area contributed by atoms with Crippen LogP contribution >= 0.6 is 0 Å². The second-order valence-electron chi connectivity index (χ2n) is 6.10. The summed E-state index contributed by atoms with van der Waals surface area (Å²) in [7, 11) is 1.56. The highest BCUT2D eigenvalue weighted by molar-refractivity contribution is 6.00. The second kappa shape index (κ2) is 6.56. The lowest BCUT2D eigenvalue weighted by atomic mass is 9.79. The molecule has 0 spiro atoms. The first-order valence-corrected chi connectivity index (χ1v) is 7.97. The molecule has 1 aliphatic carbocycles. The molecule has 0 unspecified atom stereocenters. The fourth-order valence-corrected chi connectivity index (χ4v) is 2.79. The summed E-state index contributed by atoms with van der Waals surface area (Å²) in [4.78, 5) is 28.6. The van der Waals surface area contributed by atoms with Crippen molar-refractivity contribution in [1.29, 1.82) is 0 Å². The molecule has 2 aromatic rings. The standard InChI is InChI=1S/C16H21N5O3/c1-11(8-18-15(23)16(24-2)4-3-5-16)20-14(22)12-9-19-21-7-6-17-10-13(12)21/h6-7,9-11H,3-5,8H2,1-2H3,(H,18,23)(H,20,22)/t11-/m1/s1. The number of nitrogens with one attached hydrogen (secondary N) is 2. The smallest absolute Gasteiger partial charge is 0.255 e. The number of hydrogen-bond donors (Lipinski definition) is 2. The Bertz CT molecular complexity index is 747. The molecule has 8 nitrogen and oxygen atoms in total. The van der Waals surface area contributed by atoms with Crippen molar-refractivity contribution in [2.45, 2.75) is 37.8 Å². The number of fused-ring (bicyclic) bond motifs is 1. The molecule has 24 heavy (non-hydrogen) atoms. The zero-order valence-electron chi connectivity index (χ0n) is 13.8. The Labute approximate surface area is 139 Å². The Balaban J connectivity index is 1.56. The van der Waals surface area contributed by atoms with Gasteiger partial charge in [-0.3, -0.25) is 14.6 Å². The van der Waals surface area contributed by atoms with Crippen LogP contribution in [0.2, 0.25) is 0 Å². The molecule has 0 bridgehead atoms. The van der Waals surface area contributed by atoms with Gasteiger partial charge in [0.1, 0.15) is 5.60 Å². The molecule has 0 radical (unpaired) electrons. The molecule has 0 saturated heterocycles. The van der Waals surface area contributed by atoms with E-state index in [4.69, 9.17) is 4.74 Å². The second-order valence-corrected chi connectivity index (χ2v) is 6.10. The van der Waals surface area contributed by atoms with E-state index in [9.17, 15) is 9.59 Å². The van der Waals surface area contributed by atoms with E-state index in [1.54, 1.807) is 30.2 Å². The number of hydrogen-bond acceptors (Lipinski definition) is 5. The molecule has 1 saturated carbocycles. The Kier molecular flexibility index (Phi) is 4.48. The van der Waals surface area contributed by atoms with Crippen LogP contribution in [0.1, 0.15) is 36.5 Å². The van der Waals surface area contributed by atoms with Gasteiger partial charge in [0.05, 0.1) is 23.5 Å². The lowest BCUT2D eigenvalue weighted by Gasteiger charge is -2.38. The quantitative estimate of drug-likeness (QED) is 0.805. The van der Waals surface area contributed by atoms with E-state index in [0.29, 0.717) is 17.6 Å². The van der Waals surface area contributed by atoms with Gasteiger partial charge < -0.3 is 15.4 Å². The Morgan fingerprint density at radius 2 is 2.21 bits per heavy atom. The van der Waals surface area contributed by atoms with E-state index in [1.807, 2.05) is 6.92 Å². The van der Waals surface area contributed by atoms with E-state index in [0.717, 1.165) is 19.3 Å². The molecule has 0 aromatic carbocycles. The predicted molar refractivity (Wildman–Crippen MR) is 86.5 cm³/mol. The lowest BCUT2D eigenvalue weighted by molar-refractivity contribution is -0.154. The number of carbonyl (C=O) groups excluding carboxylic acids is 2. The maximum atomic E-state index is 12.4. The van der Waals surface area contributed by atoms with Crippen LogP contribution in [-0.4, -0.2) is 51.7 Å². The summed E-state index contributed by atoms with van der Waals surface area (Å²) in [6.45, 7) is 2.18. The lowest BCUT2D eigenvalue weighted by Crippen LogP contribution is -2.55. The minimum Gasteiger partial charge on any atom is -0.368 e. The van der Waals surface area contributed by atoms with Gasteiger partial charge in [0, 0.05) is 32.1 Å². The molecule has 128 valence electrons. The van der Waals surface area contributed by atoms with Crippen molar-refractivity contribution < 1.29 is 14.3 Å². The summed E-state index contributed by atoms with van der Waals surface area (Å²) >= 11 is 0. The van der Waals surface area contributed by atoms with E-state index in [2.05, 4.69) is 20.7 Å². The molecular weight excluding hydrogens is 310 g/mol. The number of amides is 2. The van der Waals surface area contributed by atoms with Crippen LogP contribution in [0.25, 0.3) is 5.52 Å². The van der Waals surface area contributed by atoms with Crippen molar-refractivity contribution in [1.82, 2.24) is 25.2 Å². The molecule has 2 amide bonds. The highest BCUT2D eigenvalue weighted by atomic mass is 16.5. The molecule has 0 aliphatic heterocycles. The monoisotopic (exact) mass is 331 g/mol. The van der Waals surface area contributed by atoms with Gasteiger partial charge in [-0.05, 0) is 26.2 Å². The maximum Gasteiger partial charge on any atom is 0.255 e. The summed E-state index contributed by atoms with van der Waals surface area (Å²) in [5.41, 5.74) is 0.408. The number of ether oxygens (including phenoxy) is 1. The molecule has 1 fully saturated rings. The van der Waals surface area contributed by atoms with Gasteiger partial charge in [-0.15, -0.1) is 0 Å². The van der Waals surface area contributed by atoms with Gasteiger partial charge in [0.25, 0.3) is 11.8 Å². The minimum atomic E-state index is -0.683. The van der Waals surface area contributed by atoms with Crippen LogP contribution in [0.15, 0.2) is 24.8 Å². The molecule has 3 rings (SSSR count). The number of methoxy groups -OCH3 is 1. The van der Waals surface area contributed by atoms with Crippen LogP contribution in [-0.2, 0) is 9.53 Å². The fourth-order valence-electron chi connectivity index (χ4n) is 2.79. The molecule has 2 aromatic heterocycles. The van der Waals surface area contributed by atoms with Crippen LogP contribution in [0.5, 0.6) is 0 Å². The SMILES string of the molecule is COC1(C(=O)NC[C@@H](C)NC(=O)c2cnn3ccncc23)CCC1. The molecule has 2 heterocycles. The van der Waals surface area contributed by atoms with Gasteiger partial charge >= 0.3 is 0 Å². The highest BCUT2D eigenvalue weighted by Gasteiger charge is 2.44. The average Bonchev–Trinajstić information content (AvgIpc) is 2.96. The van der Waals surface area contributed by atoms with E-state index in [-0.39, 0.29) is 17.9 Å². The summed E-state index contributed by atoms with van der Waals surface area (Å²) in [6, 6.07) is -0.220. The molecule has 1 aliphatic rings. The third kappa shape index (κ3) is 2.96. The summed E-state index contributed by atoms with van der Waals surface area (Å²) in [6.07, 6.45) is 8.86. The minimum absolute atomic E-state index is 0.113. The van der Waals surface area contributed by atoms with Crippen LogP contribution in [0, 0.1) is 0 Å². The average molecular weight is 331 g/mol. The zero-order chi connectivity index (χ0) is 17.2. The molecular formula is C16H21N5O3. The van der Waals surface area contributed by atoms with Gasteiger partial charge in [-0.2, -0.15) is 5.10 Å². The Morgan fingerprint density at radius 3 is 2.88 bits per heavy atom. The molecule has 2 N–H and O–H groups in total. The fraction of sp³-hybridized carbons (Fsp3) is 0.500. The van der Waals surface area contributed by atoms with Crippen LogP contribution < -0.4 is 10.6 Å². The van der Waals surface area contributed by atoms with E-state index >= 15 is 0 Å². The first kappa shape index (κ1) is 16.4. The first-order valence-electron chi connectivity index (χ1n) is 7.97. The van der Waals surface area contributed by atoms with Crippen LogP contribution in [0.3, 0.4) is 0 Å². The summed E-state index contributed by atoms with van der Waals surface area (Å²) < 4.78 is 6.93. The van der Waals surface area contributed by atoms with Crippen molar-refractivity contribution in [3.8, 4) is 0 Å². The normalized spacial score (nSPS) is 17.1. The van der Waals surface area contributed by atoms with Gasteiger partial charge in [-0.25, -0.2) is 4.52 Å². The molecule has 8 heteroatoms. The van der Waals surface area contributed by atoms with Gasteiger partial charge in [-0.1, -0.05) is 0 Å². The highest BCUT2D eigenvalue weighted by Crippen LogP contribution is 2.35. The van der Waals surface area contributed by atoms with Crippen molar-refractivity contribution in [3.63, 3.8) is 0 Å². The number of rotatable bonds is 6. The number of nitrogens with zero attached hydrogens (tertiary/aromatic N) is 3. The summed E-state index contributed by atoms with van der Waals surface area (Å²) in [5.74, 6) is -0.359. The van der Waals surface area contributed by atoms with Gasteiger partial charge in [0.2, 0.25) is 0 Å². The van der Waals surface area contributed by atoms with Crippen LogP contribution in [0.4, 0.5) is 0 Å². The van der Waals surface area contributed by atoms with Crippen molar-refractivity contribution in [2.24, 2.45) is 0 Å². The Morgan fingerprint density at radius 1 is 1.42 bits per heavy atom. The maximum absolute atomic E-state index is 12.4. The van der Waals surface area contributed by atoms with E-state index in [1.165, 1.54) is 6.20 Å². The number of carbonyl (C=O) groups is 2. The first-order chi connectivity index (χ1) is 11.6. The van der Waals surface area contributed by atoms with Crippen molar-refractivity contribution in [3.05, 3.63) is 30.4 Å². The predicted octanol–water partition coefficient (Wildman–Crippen LogP) is 0.533. The third-order valence-electron chi connectivity index (χ3n) is 4.48. The van der Waals surface area contributed by atoms with E-state index < -0.39 is 5.60 Å². The topological polar surface area (TPSA) is 97.6 Å². The van der Waals surface area contributed by atoms with Gasteiger partial charge in [0.15, 0.2) is 0 Å². The van der Waals surface area contributed by atoms with Crippen molar-refractivity contribution >= 4 is 17.3 Å². The largest absolute Gasteiger partial charge is 0.368 e.